The first-order valence-corrected chi connectivity index (χ1v) is 12.8. The van der Waals surface area contributed by atoms with Crippen molar-refractivity contribution < 1.29 is 9.59 Å². The summed E-state index contributed by atoms with van der Waals surface area (Å²) in [4.78, 5) is 35.4. The molecule has 40 heavy (non-hydrogen) atoms. The first kappa shape index (κ1) is 24.7. The van der Waals surface area contributed by atoms with Gasteiger partial charge in [-0.25, -0.2) is 9.97 Å². The number of nitrogens with one attached hydrogen (secondary N) is 2. The Bertz CT molecular complexity index is 1670. The first-order chi connectivity index (χ1) is 19.6. The molecule has 0 aliphatic rings. The van der Waals surface area contributed by atoms with Crippen molar-refractivity contribution in [2.45, 2.75) is 0 Å². The Morgan fingerprint density at radius 2 is 0.775 bits per heavy atom. The number of hydrogen-bond donors (Lipinski definition) is 2. The molecule has 0 atom stereocenters. The third kappa shape index (κ3) is 5.33. The fraction of sp³-hybridized carbons (Fsp3) is 0. The van der Waals surface area contributed by atoms with Crippen molar-refractivity contribution >= 4 is 34.2 Å². The van der Waals surface area contributed by atoms with Gasteiger partial charge < -0.3 is 10.6 Å². The van der Waals surface area contributed by atoms with E-state index in [0.29, 0.717) is 22.5 Å². The normalized spacial score (nSPS) is 10.7. The standard InChI is InChI=1S/C34H24N4O2/c39-33(35-27-9-3-1-4-10-27)25-19-15-23(16-20-25)31-32(38-30-14-8-7-13-29(30)37-31)24-17-21-26(22-18-24)34(40)36-28-11-5-2-6-12-28/h1-22H,(H,35,39)(H,36,40). The van der Waals surface area contributed by atoms with Crippen LogP contribution in [0, 0.1) is 0 Å². The number of para-hydroxylation sites is 4. The number of carbonyl (C=O) groups is 2. The summed E-state index contributed by atoms with van der Waals surface area (Å²) in [5.74, 6) is -0.376. The quantitative estimate of drug-likeness (QED) is 0.239. The van der Waals surface area contributed by atoms with E-state index in [9.17, 15) is 9.59 Å². The van der Waals surface area contributed by atoms with Crippen LogP contribution in [0.5, 0.6) is 0 Å². The maximum atomic E-state index is 12.8. The van der Waals surface area contributed by atoms with Crippen LogP contribution in [-0.2, 0) is 0 Å². The van der Waals surface area contributed by atoms with Gasteiger partial charge in [0.1, 0.15) is 0 Å². The highest BCUT2D eigenvalue weighted by Gasteiger charge is 2.15. The number of rotatable bonds is 6. The van der Waals surface area contributed by atoms with Crippen LogP contribution < -0.4 is 10.6 Å². The lowest BCUT2D eigenvalue weighted by molar-refractivity contribution is 0.101. The summed E-state index contributed by atoms with van der Waals surface area (Å²) in [6, 6.07) is 41.1. The van der Waals surface area contributed by atoms with E-state index in [1.54, 1.807) is 24.3 Å². The molecule has 2 amide bonds. The molecule has 1 aromatic heterocycles. The highest BCUT2D eigenvalue weighted by atomic mass is 16.2. The molecule has 6 aromatic rings. The topological polar surface area (TPSA) is 84.0 Å². The summed E-state index contributed by atoms with van der Waals surface area (Å²) in [5.41, 5.74) is 7.13. The predicted molar refractivity (Wildman–Crippen MR) is 159 cm³/mol. The van der Waals surface area contributed by atoms with Gasteiger partial charge in [0.2, 0.25) is 0 Å². The number of carbonyl (C=O) groups excluding carboxylic acids is 2. The Hall–Kier alpha value is -5.62. The van der Waals surface area contributed by atoms with Crippen molar-refractivity contribution in [1.29, 1.82) is 0 Å². The second kappa shape index (κ2) is 11.0. The molecule has 1 heterocycles. The van der Waals surface area contributed by atoms with E-state index in [4.69, 9.17) is 9.97 Å². The average Bonchev–Trinajstić information content (AvgIpc) is 3.01. The lowest BCUT2D eigenvalue weighted by atomic mass is 10.0. The van der Waals surface area contributed by atoms with Gasteiger partial charge in [-0.1, -0.05) is 72.8 Å². The molecule has 5 aromatic carbocycles. The van der Waals surface area contributed by atoms with Crippen LogP contribution in [0.1, 0.15) is 20.7 Å². The number of anilines is 2. The predicted octanol–water partition coefficient (Wildman–Crippen LogP) is 7.47. The lowest BCUT2D eigenvalue weighted by Crippen LogP contribution is -2.11. The van der Waals surface area contributed by atoms with Crippen LogP contribution in [0.4, 0.5) is 11.4 Å². The van der Waals surface area contributed by atoms with E-state index < -0.39 is 0 Å². The summed E-state index contributed by atoms with van der Waals surface area (Å²) >= 11 is 0. The van der Waals surface area contributed by atoms with Crippen molar-refractivity contribution in [2.75, 3.05) is 10.6 Å². The van der Waals surface area contributed by atoms with Crippen molar-refractivity contribution in [2.24, 2.45) is 0 Å². The molecule has 6 heteroatoms. The molecule has 0 radical (unpaired) electrons. The Balaban J connectivity index is 1.31. The van der Waals surface area contributed by atoms with Crippen molar-refractivity contribution in [1.82, 2.24) is 9.97 Å². The molecule has 0 fully saturated rings. The molecule has 192 valence electrons. The Morgan fingerprint density at radius 3 is 1.15 bits per heavy atom. The molecular formula is C34H24N4O2. The monoisotopic (exact) mass is 520 g/mol. The molecule has 0 aliphatic heterocycles. The lowest BCUT2D eigenvalue weighted by Gasteiger charge is -2.12. The first-order valence-electron chi connectivity index (χ1n) is 12.8. The van der Waals surface area contributed by atoms with E-state index in [1.165, 1.54) is 0 Å². The third-order valence-electron chi connectivity index (χ3n) is 6.47. The van der Waals surface area contributed by atoms with Gasteiger partial charge >= 0.3 is 0 Å². The zero-order chi connectivity index (χ0) is 27.3. The van der Waals surface area contributed by atoms with Crippen molar-refractivity contribution in [3.8, 4) is 22.5 Å². The van der Waals surface area contributed by atoms with Crippen LogP contribution >= 0.6 is 0 Å². The van der Waals surface area contributed by atoms with Gasteiger partial charge in [0.15, 0.2) is 0 Å². The SMILES string of the molecule is O=C(Nc1ccccc1)c1ccc(-c2nc3ccccc3nc2-c2ccc(C(=O)Nc3ccccc3)cc2)cc1. The van der Waals surface area contributed by atoms with Crippen LogP contribution in [0.2, 0.25) is 0 Å². The second-order valence-electron chi connectivity index (χ2n) is 9.20. The average molecular weight is 521 g/mol. The van der Waals surface area contributed by atoms with Gasteiger partial charge in [-0.3, -0.25) is 9.59 Å². The van der Waals surface area contributed by atoms with Crippen LogP contribution in [-0.4, -0.2) is 21.8 Å². The minimum absolute atomic E-state index is 0.188. The van der Waals surface area contributed by atoms with Gasteiger partial charge in [0, 0.05) is 33.6 Å². The van der Waals surface area contributed by atoms with Gasteiger partial charge in [-0.2, -0.15) is 0 Å². The molecule has 0 saturated carbocycles. The van der Waals surface area contributed by atoms with E-state index in [2.05, 4.69) is 10.6 Å². The molecule has 2 N–H and O–H groups in total. The van der Waals surface area contributed by atoms with Gasteiger partial charge in [-0.05, 0) is 60.7 Å². The molecule has 6 rings (SSSR count). The van der Waals surface area contributed by atoms with Crippen LogP contribution in [0.25, 0.3) is 33.5 Å². The summed E-state index contributed by atoms with van der Waals surface area (Å²) in [6.07, 6.45) is 0. The van der Waals surface area contributed by atoms with E-state index in [-0.39, 0.29) is 11.8 Å². The summed E-state index contributed by atoms with van der Waals surface area (Å²) < 4.78 is 0. The van der Waals surface area contributed by atoms with E-state index >= 15 is 0 Å². The van der Waals surface area contributed by atoms with Gasteiger partial charge in [-0.15, -0.1) is 0 Å². The Labute approximate surface area is 231 Å². The number of amides is 2. The maximum absolute atomic E-state index is 12.8. The third-order valence-corrected chi connectivity index (χ3v) is 6.47. The molecule has 0 bridgehead atoms. The maximum Gasteiger partial charge on any atom is 0.255 e. The van der Waals surface area contributed by atoms with Crippen LogP contribution in [0.15, 0.2) is 133 Å². The largest absolute Gasteiger partial charge is 0.322 e. The molecule has 0 saturated heterocycles. The zero-order valence-electron chi connectivity index (χ0n) is 21.4. The molecule has 6 nitrogen and oxygen atoms in total. The second-order valence-corrected chi connectivity index (χ2v) is 9.20. The number of aromatic nitrogens is 2. The van der Waals surface area contributed by atoms with Gasteiger partial charge in [0.25, 0.3) is 11.8 Å². The Kier molecular flexibility index (Phi) is 6.80. The van der Waals surface area contributed by atoms with Crippen LogP contribution in [0.3, 0.4) is 0 Å². The van der Waals surface area contributed by atoms with Gasteiger partial charge in [0.05, 0.1) is 22.4 Å². The minimum Gasteiger partial charge on any atom is -0.322 e. The summed E-state index contributed by atoms with van der Waals surface area (Å²) in [7, 11) is 0. The minimum atomic E-state index is -0.188. The Morgan fingerprint density at radius 1 is 0.425 bits per heavy atom. The number of nitrogens with zero attached hydrogens (tertiary/aromatic N) is 2. The zero-order valence-corrected chi connectivity index (χ0v) is 21.4. The number of fused-ring (bicyclic) bond motifs is 1. The number of hydrogen-bond acceptors (Lipinski definition) is 4. The highest BCUT2D eigenvalue weighted by molar-refractivity contribution is 6.05. The molecule has 0 unspecified atom stereocenters. The molecule has 0 spiro atoms. The molecular weight excluding hydrogens is 496 g/mol. The molecule has 0 aliphatic carbocycles. The fourth-order valence-corrected chi connectivity index (χ4v) is 4.41. The van der Waals surface area contributed by atoms with E-state index in [0.717, 1.165) is 33.5 Å². The number of benzene rings is 5. The smallest absolute Gasteiger partial charge is 0.255 e. The summed E-state index contributed by atoms with van der Waals surface area (Å²) in [5, 5.41) is 5.82. The van der Waals surface area contributed by atoms with E-state index in [1.807, 2.05) is 109 Å². The van der Waals surface area contributed by atoms with Crippen molar-refractivity contribution in [3.05, 3.63) is 145 Å². The summed E-state index contributed by atoms with van der Waals surface area (Å²) in [6.45, 7) is 0. The highest BCUT2D eigenvalue weighted by Crippen LogP contribution is 2.31. The fourth-order valence-electron chi connectivity index (χ4n) is 4.41. The van der Waals surface area contributed by atoms with Crippen molar-refractivity contribution in [3.63, 3.8) is 0 Å².